The van der Waals surface area contributed by atoms with Crippen LogP contribution in [0.1, 0.15) is 128 Å². The van der Waals surface area contributed by atoms with Crippen molar-refractivity contribution in [2.45, 2.75) is 139 Å². The first-order valence-corrected chi connectivity index (χ1v) is 19.6. The monoisotopic (exact) mass is 697 g/mol. The summed E-state index contributed by atoms with van der Waals surface area (Å²) in [4.78, 5) is 15.2. The van der Waals surface area contributed by atoms with Crippen molar-refractivity contribution in [1.82, 2.24) is 25.5 Å². The van der Waals surface area contributed by atoms with E-state index in [0.29, 0.717) is 37.6 Å². The normalized spacial score (nSPS) is 43.2. The van der Waals surface area contributed by atoms with Crippen LogP contribution < -0.4 is 11.1 Å². The summed E-state index contributed by atoms with van der Waals surface area (Å²) in [5.41, 5.74) is 6.00. The fourth-order valence-corrected chi connectivity index (χ4v) is 12.7. The molecule has 1 saturated heterocycles. The maximum atomic E-state index is 13.5. The molecular formula is C40H68N6O4. The molecule has 0 unspecified atom stereocenters. The second-order valence-electron chi connectivity index (χ2n) is 19.9. The molecule has 10 nitrogen and oxygen atoms in total. The number of hydrogen-bond acceptors (Lipinski definition) is 8. The smallest absolute Gasteiger partial charge is 0.307 e. The van der Waals surface area contributed by atoms with E-state index in [4.69, 9.17) is 15.2 Å². The van der Waals surface area contributed by atoms with Crippen LogP contribution in [0.4, 0.5) is 5.95 Å². The number of carboxylic acid groups (broad SMARTS) is 1. The molecule has 1 aromatic rings. The van der Waals surface area contributed by atoms with Crippen LogP contribution in [-0.4, -0.2) is 69.3 Å². The van der Waals surface area contributed by atoms with E-state index < -0.39 is 11.9 Å². The molecule has 282 valence electrons. The molecule has 12 atom stereocenters. The SMILES string of the molecule is CCN[C@@](C)(CO[C@H]1[C@H](n2nnc(N)n2)C[C@@]23COC[C@@]1(C)[C@@H]2CC[C@H]1C3=CC[C@@]2(C)[C@H](C(=O)O)[C@@](C)([C@H](C)C(C)C)CC[C@]12C)C(C)(C)C. The number of carbonyl (C=O) groups is 1. The summed E-state index contributed by atoms with van der Waals surface area (Å²) in [5, 5.41) is 28.1. The van der Waals surface area contributed by atoms with Gasteiger partial charge in [0.1, 0.15) is 6.04 Å². The molecule has 0 aromatic carbocycles. The Balaban J connectivity index is 1.44. The average molecular weight is 697 g/mol. The quantitative estimate of drug-likeness (QED) is 0.229. The van der Waals surface area contributed by atoms with Gasteiger partial charge in [-0.05, 0) is 103 Å². The number of aromatic nitrogens is 4. The molecule has 1 aliphatic heterocycles. The van der Waals surface area contributed by atoms with E-state index in [1.54, 1.807) is 4.80 Å². The number of likely N-dealkylation sites (N-methyl/N-ethyl adjacent to an activating group) is 1. The molecule has 6 rings (SSSR count). The largest absolute Gasteiger partial charge is 0.481 e. The minimum atomic E-state index is -0.627. The molecule has 5 aliphatic rings. The molecule has 4 N–H and O–H groups in total. The number of ether oxygens (including phenoxy) is 2. The van der Waals surface area contributed by atoms with Crippen molar-refractivity contribution in [3.05, 3.63) is 11.6 Å². The fraction of sp³-hybridized carbons (Fsp3) is 0.900. The zero-order chi connectivity index (χ0) is 36.9. The van der Waals surface area contributed by atoms with Crippen molar-refractivity contribution >= 4 is 11.9 Å². The van der Waals surface area contributed by atoms with Gasteiger partial charge in [-0.1, -0.05) is 92.9 Å². The number of allylic oxidation sites excluding steroid dienone is 1. The van der Waals surface area contributed by atoms with Gasteiger partial charge in [-0.2, -0.15) is 4.80 Å². The number of anilines is 1. The van der Waals surface area contributed by atoms with Crippen LogP contribution >= 0.6 is 0 Å². The van der Waals surface area contributed by atoms with Crippen LogP contribution in [0, 0.1) is 62.1 Å². The van der Waals surface area contributed by atoms with Crippen molar-refractivity contribution in [3.8, 4) is 0 Å². The van der Waals surface area contributed by atoms with Crippen LogP contribution in [0.5, 0.6) is 0 Å². The highest BCUT2D eigenvalue weighted by Gasteiger charge is 2.72. The number of nitrogens with two attached hydrogens (primary N) is 1. The van der Waals surface area contributed by atoms with Crippen LogP contribution in [0.2, 0.25) is 0 Å². The highest BCUT2D eigenvalue weighted by molar-refractivity contribution is 5.73. The second kappa shape index (κ2) is 12.3. The van der Waals surface area contributed by atoms with Crippen LogP contribution in [0.15, 0.2) is 11.6 Å². The van der Waals surface area contributed by atoms with E-state index >= 15 is 0 Å². The molecule has 0 radical (unpaired) electrons. The van der Waals surface area contributed by atoms with E-state index in [-0.39, 0.29) is 62.0 Å². The number of aliphatic carboxylic acids is 1. The zero-order valence-corrected chi connectivity index (χ0v) is 33.2. The fourth-order valence-electron chi connectivity index (χ4n) is 12.7. The molecule has 2 heterocycles. The van der Waals surface area contributed by atoms with E-state index in [9.17, 15) is 9.90 Å². The predicted octanol–water partition coefficient (Wildman–Crippen LogP) is 7.18. The molecular weight excluding hydrogens is 628 g/mol. The Morgan fingerprint density at radius 2 is 1.82 bits per heavy atom. The first-order chi connectivity index (χ1) is 23.1. The summed E-state index contributed by atoms with van der Waals surface area (Å²) in [6.45, 7) is 30.1. The summed E-state index contributed by atoms with van der Waals surface area (Å²) in [5.74, 6) is 0.496. The van der Waals surface area contributed by atoms with Gasteiger partial charge < -0.3 is 25.6 Å². The summed E-state index contributed by atoms with van der Waals surface area (Å²) in [6, 6.07) is -0.176. The molecule has 10 heteroatoms. The van der Waals surface area contributed by atoms with E-state index in [1.165, 1.54) is 5.57 Å². The summed E-state index contributed by atoms with van der Waals surface area (Å²) in [6.07, 6.45) is 7.93. The minimum Gasteiger partial charge on any atom is -0.481 e. The molecule has 4 aliphatic carbocycles. The van der Waals surface area contributed by atoms with Gasteiger partial charge in [0.2, 0.25) is 0 Å². The topological polar surface area (TPSA) is 137 Å². The number of nitrogens with one attached hydrogen (secondary N) is 1. The Hall–Kier alpha value is -2.04. The average Bonchev–Trinajstić information content (AvgIpc) is 3.45. The first-order valence-electron chi connectivity index (χ1n) is 19.6. The Morgan fingerprint density at radius 3 is 2.40 bits per heavy atom. The number of carboxylic acids is 1. The number of tetrazole rings is 1. The van der Waals surface area contributed by atoms with Gasteiger partial charge in [0, 0.05) is 16.4 Å². The van der Waals surface area contributed by atoms with Gasteiger partial charge in [-0.3, -0.25) is 4.79 Å². The number of nitrogen functional groups attached to an aromatic ring is 1. The summed E-state index contributed by atoms with van der Waals surface area (Å²) >= 11 is 0. The highest BCUT2D eigenvalue weighted by Crippen LogP contribution is 2.75. The number of fused-ring (bicyclic) bond motifs is 3. The highest BCUT2D eigenvalue weighted by atomic mass is 16.5. The van der Waals surface area contributed by atoms with Crippen molar-refractivity contribution in [2.75, 3.05) is 32.1 Å². The Kier molecular flexibility index (Phi) is 9.24. The Bertz CT molecular complexity index is 1490. The first kappa shape index (κ1) is 37.7. The lowest BCUT2D eigenvalue weighted by molar-refractivity contribution is -0.255. The third kappa shape index (κ3) is 5.18. The van der Waals surface area contributed by atoms with Crippen LogP contribution in [0.25, 0.3) is 0 Å². The van der Waals surface area contributed by atoms with Gasteiger partial charge in [0.15, 0.2) is 0 Å². The second-order valence-corrected chi connectivity index (χ2v) is 19.9. The van der Waals surface area contributed by atoms with Gasteiger partial charge in [0.05, 0.1) is 31.8 Å². The van der Waals surface area contributed by atoms with Crippen molar-refractivity contribution in [1.29, 1.82) is 0 Å². The summed E-state index contributed by atoms with van der Waals surface area (Å²) < 4.78 is 13.9. The van der Waals surface area contributed by atoms with E-state index in [1.807, 2.05) is 0 Å². The molecule has 0 amide bonds. The minimum absolute atomic E-state index is 0.0409. The van der Waals surface area contributed by atoms with Gasteiger partial charge in [-0.15, -0.1) is 5.10 Å². The third-order valence-corrected chi connectivity index (χ3v) is 16.6. The molecule has 1 aromatic heterocycles. The molecule has 4 fully saturated rings. The van der Waals surface area contributed by atoms with Crippen molar-refractivity contribution < 1.29 is 19.4 Å². The zero-order valence-electron chi connectivity index (χ0n) is 33.2. The lowest BCUT2D eigenvalue weighted by Crippen LogP contribution is -2.69. The Morgan fingerprint density at radius 1 is 1.12 bits per heavy atom. The van der Waals surface area contributed by atoms with E-state index in [2.05, 4.69) is 110 Å². The molecule has 3 saturated carbocycles. The predicted molar refractivity (Wildman–Crippen MR) is 196 cm³/mol. The van der Waals surface area contributed by atoms with E-state index in [0.717, 1.165) is 45.1 Å². The van der Waals surface area contributed by atoms with Crippen molar-refractivity contribution in [2.24, 2.45) is 62.1 Å². The maximum absolute atomic E-state index is 13.5. The number of rotatable bonds is 9. The van der Waals surface area contributed by atoms with Gasteiger partial charge in [-0.25, -0.2) is 0 Å². The Labute approximate surface area is 301 Å². The standard InChI is InChI=1S/C40H68N6O4/c1-13-42-39(12,34(5,6)7)22-50-31-28(46-44-33(41)43-45-46)20-40-23-49-21-36(31,9)29(40)15-14-26-27(40)16-17-38(11)30(32(47)48)35(8,25(4)24(2)3)18-19-37(26,38)10/h16,24-26,28-31,42H,13-15,17-23H2,1-12H3,(H2,41,44)(H,47,48)/t25-,26+,28-,29+,30-,31+,35-,36+,37-,38+,39+,40+/m1/s1. The molecule has 2 bridgehead atoms. The van der Waals surface area contributed by atoms with Crippen molar-refractivity contribution in [3.63, 3.8) is 0 Å². The lowest BCUT2D eigenvalue weighted by atomic mass is 9.34. The van der Waals surface area contributed by atoms with Gasteiger partial charge >= 0.3 is 5.97 Å². The third-order valence-electron chi connectivity index (χ3n) is 16.6. The summed E-state index contributed by atoms with van der Waals surface area (Å²) in [7, 11) is 0. The van der Waals surface area contributed by atoms with Crippen LogP contribution in [0.3, 0.4) is 0 Å². The maximum Gasteiger partial charge on any atom is 0.307 e. The van der Waals surface area contributed by atoms with Gasteiger partial charge in [0.25, 0.3) is 5.95 Å². The molecule has 50 heavy (non-hydrogen) atoms. The number of nitrogens with zero attached hydrogens (tertiary/aromatic N) is 4. The van der Waals surface area contributed by atoms with Crippen LogP contribution in [-0.2, 0) is 14.3 Å². The lowest BCUT2D eigenvalue weighted by Gasteiger charge is -2.71. The number of hydrogen-bond donors (Lipinski definition) is 3. The molecule has 0 spiro atoms.